The number of rotatable bonds is 14. The predicted octanol–water partition coefficient (Wildman–Crippen LogP) is 6.96. The molecule has 2 aromatic carbocycles. The van der Waals surface area contributed by atoms with Crippen LogP contribution in [0.2, 0.25) is 0 Å². The summed E-state index contributed by atoms with van der Waals surface area (Å²) in [5.74, 6) is 1.30. The van der Waals surface area contributed by atoms with Gasteiger partial charge in [0.1, 0.15) is 11.9 Å². The molecule has 2 aromatic rings. The molecule has 1 saturated heterocycles. The predicted molar refractivity (Wildman–Crippen MR) is 180 cm³/mol. The third-order valence-electron chi connectivity index (χ3n) is 10.3. The van der Waals surface area contributed by atoms with Crippen LogP contribution >= 0.6 is 0 Å². The summed E-state index contributed by atoms with van der Waals surface area (Å²) in [6, 6.07) is 18.4. The quantitative estimate of drug-likeness (QED) is 0.128. The van der Waals surface area contributed by atoms with Crippen LogP contribution in [0.3, 0.4) is 0 Å². The Kier molecular flexibility index (Phi) is 11.6. The number of ether oxygens (including phenoxy) is 2. The molecule has 0 bridgehead atoms. The largest absolute Gasteiger partial charge is 0.462 e. The van der Waals surface area contributed by atoms with Crippen molar-refractivity contribution in [1.82, 2.24) is 9.80 Å². The van der Waals surface area contributed by atoms with E-state index in [1.54, 1.807) is 0 Å². The van der Waals surface area contributed by atoms with Crippen LogP contribution in [0, 0.1) is 17.8 Å². The highest BCUT2D eigenvalue weighted by Gasteiger charge is 2.55. The molecule has 4 atom stereocenters. The minimum atomic E-state index is -0.345. The van der Waals surface area contributed by atoms with Gasteiger partial charge in [-0.2, -0.15) is 0 Å². The normalized spacial score (nSPS) is 24.7. The molecule has 3 aliphatic rings. The molecule has 3 fully saturated rings. The van der Waals surface area contributed by atoms with E-state index in [9.17, 15) is 14.4 Å². The summed E-state index contributed by atoms with van der Waals surface area (Å²) in [4.78, 5) is 43.2. The van der Waals surface area contributed by atoms with E-state index in [4.69, 9.17) is 9.47 Å². The van der Waals surface area contributed by atoms with Gasteiger partial charge in [0.25, 0.3) is 0 Å². The van der Waals surface area contributed by atoms with Crippen LogP contribution in [0.25, 0.3) is 0 Å². The highest BCUT2D eigenvalue weighted by molar-refractivity contribution is 5.76. The molecule has 0 N–H and O–H groups in total. The number of amides is 1. The molecule has 7 heteroatoms. The van der Waals surface area contributed by atoms with Gasteiger partial charge in [-0.15, -0.1) is 0 Å². The maximum atomic E-state index is 14.0. The minimum absolute atomic E-state index is 0.0489. The van der Waals surface area contributed by atoms with Crippen molar-refractivity contribution in [2.45, 2.75) is 109 Å². The van der Waals surface area contributed by atoms with Gasteiger partial charge in [-0.25, -0.2) is 0 Å². The van der Waals surface area contributed by atoms with Gasteiger partial charge in [0.15, 0.2) is 0 Å². The van der Waals surface area contributed by atoms with Crippen molar-refractivity contribution in [1.29, 1.82) is 0 Å². The van der Waals surface area contributed by atoms with Crippen molar-refractivity contribution >= 4 is 17.8 Å². The van der Waals surface area contributed by atoms with Gasteiger partial charge in [-0.1, -0.05) is 62.7 Å². The van der Waals surface area contributed by atoms with Crippen molar-refractivity contribution in [3.8, 4) is 5.75 Å². The fourth-order valence-corrected chi connectivity index (χ4v) is 8.09. The number of esters is 2. The lowest BCUT2D eigenvalue weighted by Crippen LogP contribution is -2.62. The molecule has 2 aliphatic carbocycles. The molecular formula is C39H54N2O5. The number of carbonyl (C=O) groups excluding carboxylic acids is 3. The van der Waals surface area contributed by atoms with Crippen molar-refractivity contribution in [2.24, 2.45) is 17.8 Å². The lowest BCUT2D eigenvalue weighted by molar-refractivity contribution is -0.161. The Morgan fingerprint density at radius 3 is 2.46 bits per heavy atom. The van der Waals surface area contributed by atoms with Crippen molar-refractivity contribution in [3.63, 3.8) is 0 Å². The van der Waals surface area contributed by atoms with Gasteiger partial charge in [0.05, 0.1) is 0 Å². The van der Waals surface area contributed by atoms with E-state index in [1.807, 2.05) is 24.3 Å². The molecule has 7 nitrogen and oxygen atoms in total. The SMILES string of the molecule is CC(=O)Oc1cccc(C23CCN(CC4CC4)CC2C(OC(C)=O)CC(N(CC(C)C)C(=O)CCCCCc2ccccc2)C3)c1. The average Bonchev–Trinajstić information content (AvgIpc) is 3.84. The number of benzene rings is 2. The van der Waals surface area contributed by atoms with Gasteiger partial charge in [-0.05, 0) is 86.6 Å². The highest BCUT2D eigenvalue weighted by Crippen LogP contribution is 2.52. The van der Waals surface area contributed by atoms with Gasteiger partial charge >= 0.3 is 11.9 Å². The standard InChI is InChI=1S/C39H54N2O5/c1-28(2)25-41(38(44)17-10-6-9-14-31-12-7-5-8-13-31)34-23-37(46-30(4)43)36-27-40(26-32-18-19-32)21-20-39(36,24-34)33-15-11-16-35(22-33)45-29(3)42/h5,7-8,11-13,15-16,22,28,32,34,36-37H,6,9-10,14,17-21,23-27H2,1-4H3. The molecular weight excluding hydrogens is 576 g/mol. The maximum Gasteiger partial charge on any atom is 0.308 e. The second kappa shape index (κ2) is 15.6. The van der Waals surface area contributed by atoms with E-state index in [-0.39, 0.29) is 41.3 Å². The highest BCUT2D eigenvalue weighted by atomic mass is 16.5. The van der Waals surface area contributed by atoms with Crippen molar-refractivity contribution in [3.05, 3.63) is 65.7 Å². The van der Waals surface area contributed by atoms with E-state index < -0.39 is 0 Å². The lowest BCUT2D eigenvalue weighted by Gasteiger charge is -2.57. The molecule has 2 saturated carbocycles. The van der Waals surface area contributed by atoms with E-state index in [0.717, 1.165) is 69.6 Å². The molecule has 1 aliphatic heterocycles. The summed E-state index contributed by atoms with van der Waals surface area (Å²) in [7, 11) is 0. The Hall–Kier alpha value is -3.19. The van der Waals surface area contributed by atoms with Crippen LogP contribution < -0.4 is 4.74 Å². The Morgan fingerprint density at radius 2 is 1.76 bits per heavy atom. The van der Waals surface area contributed by atoms with Crippen LogP contribution in [-0.2, 0) is 31.0 Å². The molecule has 0 aromatic heterocycles. The molecule has 0 radical (unpaired) electrons. The Labute approximate surface area is 276 Å². The molecule has 5 rings (SSSR count). The number of fused-ring (bicyclic) bond motifs is 1. The second-order valence-electron chi connectivity index (χ2n) is 14.6. The van der Waals surface area contributed by atoms with Crippen LogP contribution in [0.15, 0.2) is 54.6 Å². The van der Waals surface area contributed by atoms with Crippen LogP contribution in [0.5, 0.6) is 5.75 Å². The number of piperidine rings is 1. The third-order valence-corrected chi connectivity index (χ3v) is 10.3. The van der Waals surface area contributed by atoms with Crippen molar-refractivity contribution in [2.75, 3.05) is 26.2 Å². The first-order valence-corrected chi connectivity index (χ1v) is 17.6. The zero-order valence-corrected chi connectivity index (χ0v) is 28.4. The summed E-state index contributed by atoms with van der Waals surface area (Å²) in [6.45, 7) is 10.9. The number of aryl methyl sites for hydroxylation is 1. The Balaban J connectivity index is 1.40. The van der Waals surface area contributed by atoms with E-state index in [0.29, 0.717) is 31.1 Å². The van der Waals surface area contributed by atoms with Gasteiger partial charge < -0.3 is 19.3 Å². The molecule has 1 amide bonds. The van der Waals surface area contributed by atoms with Crippen LogP contribution in [0.1, 0.15) is 96.6 Å². The fraction of sp³-hybridized carbons (Fsp3) is 0.615. The monoisotopic (exact) mass is 630 g/mol. The maximum absolute atomic E-state index is 14.0. The smallest absolute Gasteiger partial charge is 0.308 e. The summed E-state index contributed by atoms with van der Waals surface area (Å²) in [6.07, 6.45) is 9.18. The number of carbonyl (C=O) groups is 3. The zero-order valence-electron chi connectivity index (χ0n) is 28.4. The number of hydrogen-bond acceptors (Lipinski definition) is 6. The number of nitrogens with zero attached hydrogens (tertiary/aromatic N) is 2. The van der Waals surface area contributed by atoms with E-state index >= 15 is 0 Å². The first kappa shape index (κ1) is 34.2. The lowest BCUT2D eigenvalue weighted by atomic mass is 9.56. The van der Waals surface area contributed by atoms with E-state index in [2.05, 4.69) is 54.0 Å². The van der Waals surface area contributed by atoms with Crippen molar-refractivity contribution < 1.29 is 23.9 Å². The molecule has 0 spiro atoms. The molecule has 1 heterocycles. The third kappa shape index (κ3) is 8.99. The first-order chi connectivity index (χ1) is 22.1. The summed E-state index contributed by atoms with van der Waals surface area (Å²) >= 11 is 0. The van der Waals surface area contributed by atoms with Gasteiger partial charge in [0.2, 0.25) is 5.91 Å². The summed E-state index contributed by atoms with van der Waals surface area (Å²) < 4.78 is 11.8. The first-order valence-electron chi connectivity index (χ1n) is 17.6. The Morgan fingerprint density at radius 1 is 0.978 bits per heavy atom. The minimum Gasteiger partial charge on any atom is -0.462 e. The molecule has 250 valence electrons. The number of likely N-dealkylation sites (tertiary alicyclic amines) is 1. The van der Waals surface area contributed by atoms with Crippen LogP contribution in [-0.4, -0.2) is 66.0 Å². The summed E-state index contributed by atoms with van der Waals surface area (Å²) in [5, 5.41) is 0. The van der Waals surface area contributed by atoms with E-state index in [1.165, 1.54) is 32.3 Å². The zero-order chi connectivity index (χ0) is 32.7. The average molecular weight is 631 g/mol. The molecule has 46 heavy (non-hydrogen) atoms. The summed E-state index contributed by atoms with van der Waals surface area (Å²) in [5.41, 5.74) is 2.14. The molecule has 4 unspecified atom stereocenters. The fourth-order valence-electron chi connectivity index (χ4n) is 8.09. The topological polar surface area (TPSA) is 76.2 Å². The van der Waals surface area contributed by atoms with Gasteiger partial charge in [-0.3, -0.25) is 14.4 Å². The number of hydrogen-bond donors (Lipinski definition) is 0. The van der Waals surface area contributed by atoms with Gasteiger partial charge in [0, 0.05) is 63.7 Å². The number of unbranched alkanes of at least 4 members (excludes halogenated alkanes) is 2. The van der Waals surface area contributed by atoms with Crippen LogP contribution in [0.4, 0.5) is 0 Å². The second-order valence-corrected chi connectivity index (χ2v) is 14.6. The Bertz CT molecular complexity index is 1320.